The average Bonchev–Trinajstić information content (AvgIpc) is 2.87. The van der Waals surface area contributed by atoms with Crippen molar-refractivity contribution in [2.45, 2.75) is 31.2 Å². The molecular weight excluding hydrogens is 471 g/mol. The second-order valence-corrected chi connectivity index (χ2v) is 8.83. The summed E-state index contributed by atoms with van der Waals surface area (Å²) < 4.78 is 46.0. The molecule has 0 spiro atoms. The van der Waals surface area contributed by atoms with E-state index >= 15 is 0 Å². The van der Waals surface area contributed by atoms with Crippen LogP contribution in [0.1, 0.15) is 29.0 Å². The number of hydrogen-bond acceptors (Lipinski definition) is 2. The number of rotatable bonds is 5. The van der Waals surface area contributed by atoms with Crippen LogP contribution >= 0.6 is 12.4 Å². The molecule has 182 valence electrons. The summed E-state index contributed by atoms with van der Waals surface area (Å²) in [5.74, 6) is 0.174. The van der Waals surface area contributed by atoms with Crippen LogP contribution in [0.4, 0.5) is 13.2 Å². The largest absolute Gasteiger partial charge is 0.416 e. The summed E-state index contributed by atoms with van der Waals surface area (Å²) in [7, 11) is 0. The summed E-state index contributed by atoms with van der Waals surface area (Å²) in [4.78, 5) is 0. The standard InChI is InChI=1S/C29H26F3NO.ClH/c30-29(31,32)26-10-4-8-24(17-26)23-7-3-9-25(16-23)27-13-14-33-18-28(27)34-19-20-11-12-21-5-1-2-6-22(21)15-20;/h1-12,15-17,27-28,33H,13-14,18-19H2;1H. The van der Waals surface area contributed by atoms with Gasteiger partial charge in [-0.3, -0.25) is 0 Å². The number of ether oxygens (including phenoxy) is 1. The second-order valence-electron chi connectivity index (χ2n) is 8.83. The molecule has 35 heavy (non-hydrogen) atoms. The lowest BCUT2D eigenvalue weighted by molar-refractivity contribution is -0.137. The molecule has 2 unspecified atom stereocenters. The molecule has 5 rings (SSSR count). The highest BCUT2D eigenvalue weighted by Gasteiger charge is 2.31. The van der Waals surface area contributed by atoms with Crippen LogP contribution in [0.25, 0.3) is 21.9 Å². The summed E-state index contributed by atoms with van der Waals surface area (Å²) in [6.07, 6.45) is -3.46. The fraction of sp³-hybridized carbons (Fsp3) is 0.241. The molecule has 1 heterocycles. The van der Waals surface area contributed by atoms with E-state index in [0.717, 1.165) is 42.3 Å². The fourth-order valence-electron chi connectivity index (χ4n) is 4.74. The lowest BCUT2D eigenvalue weighted by Crippen LogP contribution is -2.41. The predicted octanol–water partition coefficient (Wildman–Crippen LogP) is 7.61. The molecule has 4 aromatic rings. The molecule has 0 saturated carbocycles. The van der Waals surface area contributed by atoms with Crippen molar-refractivity contribution in [3.8, 4) is 11.1 Å². The van der Waals surface area contributed by atoms with Crippen LogP contribution in [0, 0.1) is 0 Å². The van der Waals surface area contributed by atoms with Crippen molar-refractivity contribution in [1.29, 1.82) is 0 Å². The average molecular weight is 498 g/mol. The van der Waals surface area contributed by atoms with E-state index in [9.17, 15) is 13.2 Å². The van der Waals surface area contributed by atoms with Crippen LogP contribution in [0.2, 0.25) is 0 Å². The lowest BCUT2D eigenvalue weighted by atomic mass is 9.86. The zero-order valence-electron chi connectivity index (χ0n) is 19.1. The SMILES string of the molecule is Cl.FC(F)(F)c1cccc(-c2cccc(C3CCNCC3OCc3ccc4ccccc4c3)c2)c1. The first kappa shape index (κ1) is 25.2. The Balaban J connectivity index is 0.00000289. The molecule has 1 aliphatic heterocycles. The Bertz CT molecular complexity index is 1290. The van der Waals surface area contributed by atoms with Gasteiger partial charge < -0.3 is 10.1 Å². The van der Waals surface area contributed by atoms with Crippen molar-refractivity contribution in [2.75, 3.05) is 13.1 Å². The smallest absolute Gasteiger partial charge is 0.372 e. The van der Waals surface area contributed by atoms with Crippen molar-refractivity contribution >= 4 is 23.2 Å². The molecule has 0 bridgehead atoms. The molecule has 1 fully saturated rings. The van der Waals surface area contributed by atoms with E-state index in [-0.39, 0.29) is 24.4 Å². The Morgan fingerprint density at radius 3 is 2.34 bits per heavy atom. The molecule has 2 nitrogen and oxygen atoms in total. The van der Waals surface area contributed by atoms with E-state index in [0.29, 0.717) is 12.2 Å². The predicted molar refractivity (Wildman–Crippen MR) is 137 cm³/mol. The molecule has 1 saturated heterocycles. The third-order valence-corrected chi connectivity index (χ3v) is 6.54. The number of piperidine rings is 1. The molecule has 0 amide bonds. The first-order valence-electron chi connectivity index (χ1n) is 11.5. The van der Waals surface area contributed by atoms with Gasteiger partial charge >= 0.3 is 6.18 Å². The van der Waals surface area contributed by atoms with E-state index in [1.807, 2.05) is 30.3 Å². The minimum absolute atomic E-state index is 0. The van der Waals surface area contributed by atoms with Gasteiger partial charge in [-0.2, -0.15) is 13.2 Å². The molecule has 0 radical (unpaired) electrons. The third kappa shape index (κ3) is 5.87. The van der Waals surface area contributed by atoms with Gasteiger partial charge in [-0.05, 0) is 64.2 Å². The summed E-state index contributed by atoms with van der Waals surface area (Å²) in [5, 5.41) is 5.81. The number of nitrogens with one attached hydrogen (secondary N) is 1. The van der Waals surface area contributed by atoms with Gasteiger partial charge in [0.25, 0.3) is 0 Å². The zero-order chi connectivity index (χ0) is 23.5. The van der Waals surface area contributed by atoms with Crippen molar-refractivity contribution in [3.63, 3.8) is 0 Å². The zero-order valence-corrected chi connectivity index (χ0v) is 19.9. The topological polar surface area (TPSA) is 21.3 Å². The van der Waals surface area contributed by atoms with E-state index in [4.69, 9.17) is 4.74 Å². The van der Waals surface area contributed by atoms with Crippen LogP contribution in [-0.4, -0.2) is 19.2 Å². The first-order chi connectivity index (χ1) is 16.5. The first-order valence-corrected chi connectivity index (χ1v) is 11.5. The quantitative estimate of drug-likeness (QED) is 0.306. The van der Waals surface area contributed by atoms with Gasteiger partial charge in [-0.15, -0.1) is 12.4 Å². The number of benzene rings is 4. The summed E-state index contributed by atoms with van der Waals surface area (Å²) in [6.45, 7) is 2.14. The molecule has 0 aromatic heterocycles. The number of halogens is 4. The van der Waals surface area contributed by atoms with Gasteiger partial charge in [0, 0.05) is 12.5 Å². The molecule has 6 heteroatoms. The third-order valence-electron chi connectivity index (χ3n) is 6.54. The normalized spacial score (nSPS) is 18.3. The number of fused-ring (bicyclic) bond motifs is 1. The highest BCUT2D eigenvalue weighted by molar-refractivity contribution is 5.85. The molecular formula is C29H27ClF3NO. The Hall–Kier alpha value is -2.86. The van der Waals surface area contributed by atoms with Crippen molar-refractivity contribution in [2.24, 2.45) is 0 Å². The Morgan fingerprint density at radius 2 is 1.54 bits per heavy atom. The maximum absolute atomic E-state index is 13.2. The molecule has 2 atom stereocenters. The van der Waals surface area contributed by atoms with E-state index in [2.05, 4.69) is 41.7 Å². The summed E-state index contributed by atoms with van der Waals surface area (Å²) in [5.41, 5.74) is 2.95. The second kappa shape index (κ2) is 10.8. The van der Waals surface area contributed by atoms with Crippen LogP contribution in [0.3, 0.4) is 0 Å². The van der Waals surface area contributed by atoms with E-state index < -0.39 is 11.7 Å². The van der Waals surface area contributed by atoms with Crippen LogP contribution < -0.4 is 5.32 Å². The fourth-order valence-corrected chi connectivity index (χ4v) is 4.74. The highest BCUT2D eigenvalue weighted by Crippen LogP contribution is 2.34. The Labute approximate surface area is 209 Å². The minimum Gasteiger partial charge on any atom is -0.372 e. The minimum atomic E-state index is -4.36. The van der Waals surface area contributed by atoms with Crippen molar-refractivity contribution in [3.05, 3.63) is 108 Å². The van der Waals surface area contributed by atoms with Gasteiger partial charge in [0.05, 0.1) is 18.3 Å². The molecule has 1 aliphatic rings. The van der Waals surface area contributed by atoms with Crippen LogP contribution in [-0.2, 0) is 17.5 Å². The van der Waals surface area contributed by atoms with Gasteiger partial charge in [0.1, 0.15) is 0 Å². The van der Waals surface area contributed by atoms with Gasteiger partial charge in [-0.1, -0.05) is 72.8 Å². The van der Waals surface area contributed by atoms with E-state index in [1.54, 1.807) is 6.07 Å². The van der Waals surface area contributed by atoms with Crippen LogP contribution in [0.15, 0.2) is 91.0 Å². The maximum atomic E-state index is 13.2. The van der Waals surface area contributed by atoms with Crippen molar-refractivity contribution in [1.82, 2.24) is 5.32 Å². The summed E-state index contributed by atoms with van der Waals surface area (Å²) >= 11 is 0. The van der Waals surface area contributed by atoms with E-state index in [1.165, 1.54) is 22.9 Å². The Kier molecular flexibility index (Phi) is 7.80. The van der Waals surface area contributed by atoms with Gasteiger partial charge in [0.2, 0.25) is 0 Å². The molecule has 4 aromatic carbocycles. The highest BCUT2D eigenvalue weighted by atomic mass is 35.5. The molecule has 0 aliphatic carbocycles. The molecule has 1 N–H and O–H groups in total. The van der Waals surface area contributed by atoms with Gasteiger partial charge in [-0.25, -0.2) is 0 Å². The Morgan fingerprint density at radius 1 is 0.800 bits per heavy atom. The monoisotopic (exact) mass is 497 g/mol. The number of alkyl halides is 3. The van der Waals surface area contributed by atoms with Gasteiger partial charge in [0.15, 0.2) is 0 Å². The lowest BCUT2D eigenvalue weighted by Gasteiger charge is -2.33. The maximum Gasteiger partial charge on any atom is 0.416 e. The summed E-state index contributed by atoms with van der Waals surface area (Å²) in [6, 6.07) is 28.0. The number of hydrogen-bond donors (Lipinski definition) is 1. The van der Waals surface area contributed by atoms with Crippen LogP contribution in [0.5, 0.6) is 0 Å². The van der Waals surface area contributed by atoms with Crippen molar-refractivity contribution < 1.29 is 17.9 Å².